The molecule has 3 aromatic rings. The smallest absolute Gasteiger partial charge is 0.399 e. The van der Waals surface area contributed by atoms with E-state index in [1.165, 1.54) is 0 Å². The van der Waals surface area contributed by atoms with E-state index in [1.54, 1.807) is 24.8 Å². The molecule has 1 saturated heterocycles. The van der Waals surface area contributed by atoms with Crippen molar-refractivity contribution in [2.24, 2.45) is 0 Å². The van der Waals surface area contributed by atoms with Crippen LogP contribution in [0.4, 0.5) is 0 Å². The summed E-state index contributed by atoms with van der Waals surface area (Å²) in [7, 11) is -0.445. The molecule has 7 heteroatoms. The number of pyridine rings is 2. The van der Waals surface area contributed by atoms with Crippen molar-refractivity contribution in [3.8, 4) is 11.4 Å². The first kappa shape index (κ1) is 16.1. The molecule has 3 aromatic heterocycles. The van der Waals surface area contributed by atoms with Crippen LogP contribution in [0.1, 0.15) is 27.7 Å². The van der Waals surface area contributed by atoms with Crippen LogP contribution in [-0.4, -0.2) is 38.3 Å². The first-order chi connectivity index (χ1) is 11.9. The molecule has 4 rings (SSSR count). The second kappa shape index (κ2) is 5.57. The maximum atomic E-state index is 6.17. The third-order valence-corrected chi connectivity index (χ3v) is 4.97. The van der Waals surface area contributed by atoms with Crippen molar-refractivity contribution in [3.63, 3.8) is 0 Å². The highest BCUT2D eigenvalue weighted by Crippen LogP contribution is 2.36. The Balaban J connectivity index is 1.77. The first-order valence-electron chi connectivity index (χ1n) is 8.25. The zero-order valence-electron chi connectivity index (χ0n) is 14.7. The van der Waals surface area contributed by atoms with Gasteiger partial charge in [-0.2, -0.15) is 0 Å². The Hall–Kier alpha value is -2.38. The molecule has 0 unspecified atom stereocenters. The topological polar surface area (TPSA) is 70.0 Å². The van der Waals surface area contributed by atoms with Gasteiger partial charge >= 0.3 is 7.12 Å². The molecule has 0 atom stereocenters. The summed E-state index contributed by atoms with van der Waals surface area (Å²) in [4.78, 5) is 17.4. The van der Waals surface area contributed by atoms with E-state index >= 15 is 0 Å². The van der Waals surface area contributed by atoms with Crippen LogP contribution in [0.5, 0.6) is 0 Å². The van der Waals surface area contributed by atoms with Crippen molar-refractivity contribution in [2.75, 3.05) is 0 Å². The van der Waals surface area contributed by atoms with Gasteiger partial charge in [-0.15, -0.1) is 0 Å². The fraction of sp³-hybridized carbons (Fsp3) is 0.333. The zero-order chi connectivity index (χ0) is 17.7. The van der Waals surface area contributed by atoms with Gasteiger partial charge in [0.1, 0.15) is 5.69 Å². The number of nitrogens with zero attached hydrogens (tertiary/aromatic N) is 4. The molecule has 4 heterocycles. The average Bonchev–Trinajstić information content (AvgIpc) is 2.82. The number of aromatic nitrogens is 4. The Morgan fingerprint density at radius 1 is 0.840 bits per heavy atom. The van der Waals surface area contributed by atoms with E-state index in [-0.39, 0.29) is 11.2 Å². The summed E-state index contributed by atoms with van der Waals surface area (Å²) in [5.74, 6) is 0. The fourth-order valence-electron chi connectivity index (χ4n) is 2.80. The van der Waals surface area contributed by atoms with Crippen LogP contribution < -0.4 is 5.46 Å². The van der Waals surface area contributed by atoms with Crippen molar-refractivity contribution in [3.05, 3.63) is 43.0 Å². The van der Waals surface area contributed by atoms with Gasteiger partial charge in [-0.1, -0.05) is 0 Å². The Kier molecular flexibility index (Phi) is 3.59. The first-order valence-corrected chi connectivity index (χ1v) is 8.25. The van der Waals surface area contributed by atoms with E-state index in [1.807, 2.05) is 45.9 Å². The van der Waals surface area contributed by atoms with E-state index in [2.05, 4.69) is 19.9 Å². The predicted octanol–water partition coefficient (Wildman–Crippen LogP) is 2.39. The molecule has 0 bridgehead atoms. The van der Waals surface area contributed by atoms with Gasteiger partial charge in [0.15, 0.2) is 5.65 Å². The molecule has 0 saturated carbocycles. The van der Waals surface area contributed by atoms with Gasteiger partial charge in [0.2, 0.25) is 0 Å². The summed E-state index contributed by atoms with van der Waals surface area (Å²) in [6, 6.07) is 5.83. The molecule has 25 heavy (non-hydrogen) atoms. The SMILES string of the molecule is CC1(C)OB(c2ccnc3nc(-c4cnccn4)ccc23)OC1(C)C. The standard InChI is InChI=1S/C18H19BN4O2/c1-17(2)18(3,4)25-19(24-17)13-7-8-22-16-12(13)5-6-14(23-16)15-11-20-9-10-21-15/h5-11H,1-4H3. The summed E-state index contributed by atoms with van der Waals surface area (Å²) in [6.07, 6.45) is 6.71. The minimum Gasteiger partial charge on any atom is -0.399 e. The summed E-state index contributed by atoms with van der Waals surface area (Å²) < 4.78 is 12.3. The van der Waals surface area contributed by atoms with Crippen LogP contribution in [-0.2, 0) is 9.31 Å². The van der Waals surface area contributed by atoms with Gasteiger partial charge < -0.3 is 9.31 Å². The monoisotopic (exact) mass is 334 g/mol. The minimum atomic E-state index is -0.445. The second-order valence-corrected chi connectivity index (χ2v) is 7.15. The van der Waals surface area contributed by atoms with Crippen LogP contribution in [0.2, 0.25) is 0 Å². The summed E-state index contributed by atoms with van der Waals surface area (Å²) >= 11 is 0. The molecule has 0 radical (unpaired) electrons. The molecule has 0 aromatic carbocycles. The highest BCUT2D eigenvalue weighted by molar-refractivity contribution is 6.65. The Labute approximate surface area is 146 Å². The highest BCUT2D eigenvalue weighted by atomic mass is 16.7. The van der Waals surface area contributed by atoms with Crippen LogP contribution in [0.25, 0.3) is 22.4 Å². The molecular formula is C18H19BN4O2. The van der Waals surface area contributed by atoms with Crippen LogP contribution >= 0.6 is 0 Å². The number of fused-ring (bicyclic) bond motifs is 1. The van der Waals surface area contributed by atoms with Gasteiger partial charge in [0.05, 0.1) is 23.1 Å². The molecule has 1 fully saturated rings. The van der Waals surface area contributed by atoms with Gasteiger partial charge in [0.25, 0.3) is 0 Å². The summed E-state index contributed by atoms with van der Waals surface area (Å²) in [5.41, 5.74) is 2.24. The highest BCUT2D eigenvalue weighted by Gasteiger charge is 2.52. The minimum absolute atomic E-state index is 0.389. The van der Waals surface area contributed by atoms with Crippen LogP contribution in [0, 0.1) is 0 Å². The van der Waals surface area contributed by atoms with E-state index in [4.69, 9.17) is 9.31 Å². The van der Waals surface area contributed by atoms with Crippen molar-refractivity contribution in [1.29, 1.82) is 0 Å². The lowest BCUT2D eigenvalue weighted by atomic mass is 9.77. The van der Waals surface area contributed by atoms with Crippen molar-refractivity contribution >= 4 is 23.6 Å². The molecule has 0 aliphatic carbocycles. The molecule has 0 amide bonds. The van der Waals surface area contributed by atoms with E-state index in [9.17, 15) is 0 Å². The summed E-state index contributed by atoms with van der Waals surface area (Å²) in [6.45, 7) is 8.17. The number of rotatable bonds is 2. The lowest BCUT2D eigenvalue weighted by Gasteiger charge is -2.32. The van der Waals surface area contributed by atoms with E-state index in [0.29, 0.717) is 11.3 Å². The van der Waals surface area contributed by atoms with Gasteiger partial charge in [0, 0.05) is 24.0 Å². The second-order valence-electron chi connectivity index (χ2n) is 7.15. The molecule has 0 N–H and O–H groups in total. The van der Waals surface area contributed by atoms with Crippen molar-refractivity contribution < 1.29 is 9.31 Å². The van der Waals surface area contributed by atoms with E-state index in [0.717, 1.165) is 16.5 Å². The fourth-order valence-corrected chi connectivity index (χ4v) is 2.80. The molecule has 6 nitrogen and oxygen atoms in total. The molecule has 1 aliphatic heterocycles. The predicted molar refractivity (Wildman–Crippen MR) is 96.3 cm³/mol. The maximum Gasteiger partial charge on any atom is 0.495 e. The molecule has 126 valence electrons. The number of hydrogen-bond donors (Lipinski definition) is 0. The van der Waals surface area contributed by atoms with Gasteiger partial charge in [-0.05, 0) is 51.4 Å². The average molecular weight is 334 g/mol. The molecule has 1 aliphatic rings. The Bertz CT molecular complexity index is 915. The third-order valence-electron chi connectivity index (χ3n) is 4.97. The quantitative estimate of drug-likeness (QED) is 0.670. The maximum absolute atomic E-state index is 6.17. The Morgan fingerprint density at radius 3 is 2.28 bits per heavy atom. The van der Waals surface area contributed by atoms with Gasteiger partial charge in [-0.3, -0.25) is 9.97 Å². The molecular weight excluding hydrogens is 315 g/mol. The normalized spacial score (nSPS) is 18.6. The van der Waals surface area contributed by atoms with Crippen LogP contribution in [0.3, 0.4) is 0 Å². The van der Waals surface area contributed by atoms with E-state index < -0.39 is 7.12 Å². The largest absolute Gasteiger partial charge is 0.495 e. The Morgan fingerprint density at radius 2 is 1.60 bits per heavy atom. The molecule has 0 spiro atoms. The van der Waals surface area contributed by atoms with Gasteiger partial charge in [-0.25, -0.2) is 9.97 Å². The lowest BCUT2D eigenvalue weighted by Crippen LogP contribution is -2.41. The zero-order valence-corrected chi connectivity index (χ0v) is 14.7. The third kappa shape index (κ3) is 2.69. The van der Waals surface area contributed by atoms with Crippen molar-refractivity contribution in [2.45, 2.75) is 38.9 Å². The lowest BCUT2D eigenvalue weighted by molar-refractivity contribution is 0.00578. The number of hydrogen-bond acceptors (Lipinski definition) is 6. The van der Waals surface area contributed by atoms with Crippen LogP contribution in [0.15, 0.2) is 43.0 Å². The van der Waals surface area contributed by atoms with Crippen molar-refractivity contribution in [1.82, 2.24) is 19.9 Å². The summed E-state index contributed by atoms with van der Waals surface area (Å²) in [5, 5.41) is 0.911.